The van der Waals surface area contributed by atoms with E-state index in [9.17, 15) is 0 Å². The normalized spacial score (nSPS) is 9.94. The molecule has 0 atom stereocenters. The van der Waals surface area contributed by atoms with Gasteiger partial charge in [-0.1, -0.05) is 40.2 Å². The second-order valence-electron chi connectivity index (χ2n) is 3.60. The minimum Gasteiger partial charge on any atom is -0.492 e. The summed E-state index contributed by atoms with van der Waals surface area (Å²) in [7, 11) is 0. The van der Waals surface area contributed by atoms with Crippen LogP contribution < -0.4 is 10.1 Å². The highest BCUT2D eigenvalue weighted by Gasteiger charge is 1.94. The zero-order chi connectivity index (χ0) is 11.9. The smallest absolute Gasteiger partial charge is 0.119 e. The van der Waals surface area contributed by atoms with Gasteiger partial charge in [-0.2, -0.15) is 0 Å². The first-order valence-corrected chi connectivity index (χ1v) is 6.31. The summed E-state index contributed by atoms with van der Waals surface area (Å²) in [4.78, 5) is 0. The van der Waals surface area contributed by atoms with Gasteiger partial charge in [0.05, 0.1) is 0 Å². The van der Waals surface area contributed by atoms with Crippen molar-refractivity contribution in [3.63, 3.8) is 0 Å². The third-order valence-corrected chi connectivity index (χ3v) is 2.76. The Bertz CT molecular complexity index is 459. The minimum atomic E-state index is 0.649. The third-order valence-electron chi connectivity index (χ3n) is 2.27. The number of ether oxygens (including phenoxy) is 1. The summed E-state index contributed by atoms with van der Waals surface area (Å²) in [6, 6.07) is 17.9. The number of rotatable bonds is 5. The van der Waals surface area contributed by atoms with Gasteiger partial charge in [0, 0.05) is 16.7 Å². The second kappa shape index (κ2) is 6.30. The molecular weight excluding hydrogens is 278 g/mol. The SMILES string of the molecule is Brc1cccc(NCCOc2ccccc2)c1. The number of para-hydroxylation sites is 1. The molecule has 0 aliphatic rings. The maximum Gasteiger partial charge on any atom is 0.119 e. The monoisotopic (exact) mass is 291 g/mol. The van der Waals surface area contributed by atoms with Crippen LogP contribution >= 0.6 is 15.9 Å². The average molecular weight is 292 g/mol. The Hall–Kier alpha value is -1.48. The Morgan fingerprint density at radius 3 is 2.59 bits per heavy atom. The lowest BCUT2D eigenvalue weighted by Gasteiger charge is -2.08. The van der Waals surface area contributed by atoms with Gasteiger partial charge in [0.15, 0.2) is 0 Å². The van der Waals surface area contributed by atoms with E-state index < -0.39 is 0 Å². The molecule has 88 valence electrons. The molecule has 0 saturated carbocycles. The summed E-state index contributed by atoms with van der Waals surface area (Å²) >= 11 is 3.44. The van der Waals surface area contributed by atoms with Crippen LogP contribution in [0.15, 0.2) is 59.1 Å². The van der Waals surface area contributed by atoms with Crippen LogP contribution in [-0.2, 0) is 0 Å². The fraction of sp³-hybridized carbons (Fsp3) is 0.143. The topological polar surface area (TPSA) is 21.3 Å². The van der Waals surface area contributed by atoms with Gasteiger partial charge < -0.3 is 10.1 Å². The molecule has 0 aromatic heterocycles. The van der Waals surface area contributed by atoms with Gasteiger partial charge in [-0.25, -0.2) is 0 Å². The van der Waals surface area contributed by atoms with Crippen molar-refractivity contribution >= 4 is 21.6 Å². The quantitative estimate of drug-likeness (QED) is 0.843. The molecule has 17 heavy (non-hydrogen) atoms. The number of halogens is 1. The molecule has 0 spiro atoms. The Balaban J connectivity index is 1.73. The summed E-state index contributed by atoms with van der Waals surface area (Å²) < 4.78 is 6.66. The molecule has 0 saturated heterocycles. The molecule has 0 bridgehead atoms. The van der Waals surface area contributed by atoms with Crippen LogP contribution in [0.3, 0.4) is 0 Å². The summed E-state index contributed by atoms with van der Waals surface area (Å²) in [5.74, 6) is 0.906. The molecule has 2 aromatic carbocycles. The van der Waals surface area contributed by atoms with E-state index in [0.29, 0.717) is 6.61 Å². The van der Waals surface area contributed by atoms with Crippen LogP contribution in [0.2, 0.25) is 0 Å². The largest absolute Gasteiger partial charge is 0.492 e. The van der Waals surface area contributed by atoms with E-state index >= 15 is 0 Å². The van der Waals surface area contributed by atoms with Crippen LogP contribution in [0, 0.1) is 0 Å². The van der Waals surface area contributed by atoms with Gasteiger partial charge >= 0.3 is 0 Å². The predicted molar refractivity (Wildman–Crippen MR) is 74.6 cm³/mol. The van der Waals surface area contributed by atoms with Gasteiger partial charge in [-0.05, 0) is 30.3 Å². The van der Waals surface area contributed by atoms with Gasteiger partial charge in [0.2, 0.25) is 0 Å². The molecule has 0 fully saturated rings. The molecule has 2 nitrogen and oxygen atoms in total. The number of hydrogen-bond donors (Lipinski definition) is 1. The van der Waals surface area contributed by atoms with Crippen LogP contribution in [0.4, 0.5) is 5.69 Å². The van der Waals surface area contributed by atoms with Crippen molar-refractivity contribution in [1.29, 1.82) is 0 Å². The second-order valence-corrected chi connectivity index (χ2v) is 4.51. The van der Waals surface area contributed by atoms with Crippen molar-refractivity contribution in [3.05, 3.63) is 59.1 Å². The standard InChI is InChI=1S/C14H14BrNO/c15-12-5-4-6-13(11-12)16-9-10-17-14-7-2-1-3-8-14/h1-8,11,16H,9-10H2. The zero-order valence-corrected chi connectivity index (χ0v) is 11.0. The fourth-order valence-corrected chi connectivity index (χ4v) is 1.88. The average Bonchev–Trinajstić information content (AvgIpc) is 2.36. The van der Waals surface area contributed by atoms with Gasteiger partial charge in [0.25, 0.3) is 0 Å². The Morgan fingerprint density at radius 2 is 1.82 bits per heavy atom. The zero-order valence-electron chi connectivity index (χ0n) is 9.40. The predicted octanol–water partition coefficient (Wildman–Crippen LogP) is 3.94. The van der Waals surface area contributed by atoms with Crippen molar-refractivity contribution in [2.45, 2.75) is 0 Å². The lowest BCUT2D eigenvalue weighted by molar-refractivity contribution is 0.333. The first-order chi connectivity index (χ1) is 8.34. The summed E-state index contributed by atoms with van der Waals surface area (Å²) in [5.41, 5.74) is 1.09. The van der Waals surface area contributed by atoms with E-state index in [-0.39, 0.29) is 0 Å². The highest BCUT2D eigenvalue weighted by molar-refractivity contribution is 9.10. The van der Waals surface area contributed by atoms with Crippen LogP contribution in [0.5, 0.6) is 5.75 Å². The van der Waals surface area contributed by atoms with Crippen molar-refractivity contribution in [3.8, 4) is 5.75 Å². The molecule has 0 unspecified atom stereocenters. The van der Waals surface area contributed by atoms with Gasteiger partial charge in [0.1, 0.15) is 12.4 Å². The van der Waals surface area contributed by atoms with Gasteiger partial charge in [-0.3, -0.25) is 0 Å². The van der Waals surface area contributed by atoms with Crippen molar-refractivity contribution in [2.24, 2.45) is 0 Å². The number of benzene rings is 2. The van der Waals surface area contributed by atoms with E-state index in [1.54, 1.807) is 0 Å². The molecular formula is C14H14BrNO. The minimum absolute atomic E-state index is 0.649. The van der Waals surface area contributed by atoms with Crippen LogP contribution in [0.1, 0.15) is 0 Å². The van der Waals surface area contributed by atoms with Gasteiger partial charge in [-0.15, -0.1) is 0 Å². The summed E-state index contributed by atoms with van der Waals surface area (Å²) in [6.45, 7) is 1.43. The van der Waals surface area contributed by atoms with Crippen molar-refractivity contribution in [1.82, 2.24) is 0 Å². The highest BCUT2D eigenvalue weighted by atomic mass is 79.9. The van der Waals surface area contributed by atoms with Crippen molar-refractivity contribution < 1.29 is 4.74 Å². The molecule has 2 rings (SSSR count). The molecule has 0 amide bonds. The maximum absolute atomic E-state index is 5.58. The third kappa shape index (κ3) is 4.11. The first-order valence-electron chi connectivity index (χ1n) is 5.52. The van der Waals surface area contributed by atoms with E-state index in [1.165, 1.54) is 0 Å². The van der Waals surface area contributed by atoms with E-state index in [2.05, 4.69) is 21.2 Å². The Labute approximate surface area is 110 Å². The number of anilines is 1. The number of nitrogens with one attached hydrogen (secondary N) is 1. The number of hydrogen-bond acceptors (Lipinski definition) is 2. The highest BCUT2D eigenvalue weighted by Crippen LogP contribution is 2.15. The van der Waals surface area contributed by atoms with E-state index in [1.807, 2.05) is 54.6 Å². The Kier molecular flexibility index (Phi) is 4.45. The van der Waals surface area contributed by atoms with E-state index in [4.69, 9.17) is 4.74 Å². The van der Waals surface area contributed by atoms with Crippen molar-refractivity contribution in [2.75, 3.05) is 18.5 Å². The molecule has 0 radical (unpaired) electrons. The molecule has 0 aliphatic heterocycles. The first kappa shape index (κ1) is 12.0. The lowest BCUT2D eigenvalue weighted by Crippen LogP contribution is -2.11. The maximum atomic E-state index is 5.58. The molecule has 2 aromatic rings. The Morgan fingerprint density at radius 1 is 1.00 bits per heavy atom. The fourth-order valence-electron chi connectivity index (χ4n) is 1.48. The molecule has 3 heteroatoms. The van der Waals surface area contributed by atoms with Crippen LogP contribution in [0.25, 0.3) is 0 Å². The van der Waals surface area contributed by atoms with Crippen LogP contribution in [-0.4, -0.2) is 13.2 Å². The molecule has 0 heterocycles. The molecule has 0 aliphatic carbocycles. The summed E-state index contributed by atoms with van der Waals surface area (Å²) in [6.07, 6.45) is 0. The lowest BCUT2D eigenvalue weighted by atomic mass is 10.3. The summed E-state index contributed by atoms with van der Waals surface area (Å²) in [5, 5.41) is 3.30. The van der Waals surface area contributed by atoms with E-state index in [0.717, 1.165) is 22.5 Å². The molecule has 1 N–H and O–H groups in total.